The van der Waals surface area contributed by atoms with E-state index in [1.807, 2.05) is 6.92 Å². The molecule has 0 aliphatic heterocycles. The molecule has 1 unspecified atom stereocenters. The Bertz CT molecular complexity index is 409. The van der Waals surface area contributed by atoms with Crippen LogP contribution in [0.1, 0.15) is 12.5 Å². The molecule has 100 valence electrons. The van der Waals surface area contributed by atoms with E-state index in [4.69, 9.17) is 21.4 Å². The van der Waals surface area contributed by atoms with Crippen LogP contribution in [0, 0.1) is 5.92 Å². The molecule has 0 bridgehead atoms. The molecule has 1 aromatic carbocycles. The van der Waals surface area contributed by atoms with Crippen molar-refractivity contribution in [1.82, 2.24) is 5.32 Å². The van der Waals surface area contributed by atoms with Crippen LogP contribution in [0.15, 0.2) is 18.2 Å². The predicted molar refractivity (Wildman–Crippen MR) is 71.0 cm³/mol. The Hall–Kier alpha value is -1.26. The highest BCUT2D eigenvalue weighted by Crippen LogP contribution is 2.22. The zero-order valence-electron chi connectivity index (χ0n) is 10.6. The number of amides is 1. The Kier molecular flexibility index (Phi) is 5.95. The lowest BCUT2D eigenvalue weighted by atomic mass is 10.1. The van der Waals surface area contributed by atoms with Gasteiger partial charge in [-0.1, -0.05) is 18.5 Å². The number of methoxy groups -OCH3 is 1. The number of ether oxygens (including phenoxy) is 1. The summed E-state index contributed by atoms with van der Waals surface area (Å²) in [6.45, 7) is 2.37. The largest absolute Gasteiger partial charge is 0.496 e. The first-order valence-corrected chi connectivity index (χ1v) is 6.14. The van der Waals surface area contributed by atoms with Gasteiger partial charge >= 0.3 is 0 Å². The number of rotatable bonds is 6. The zero-order chi connectivity index (χ0) is 13.5. The Morgan fingerprint density at radius 1 is 1.56 bits per heavy atom. The van der Waals surface area contributed by atoms with Crippen molar-refractivity contribution in [2.45, 2.75) is 13.3 Å². The van der Waals surface area contributed by atoms with Crippen LogP contribution < -0.4 is 10.1 Å². The summed E-state index contributed by atoms with van der Waals surface area (Å²) in [4.78, 5) is 11.7. The average Bonchev–Trinajstić information content (AvgIpc) is 2.36. The SMILES string of the molecule is COc1ccc(Cl)cc1CC(=O)NCC(C)CO. The van der Waals surface area contributed by atoms with Crippen LogP contribution >= 0.6 is 11.6 Å². The molecule has 5 heteroatoms. The van der Waals surface area contributed by atoms with E-state index >= 15 is 0 Å². The van der Waals surface area contributed by atoms with Crippen LogP contribution in [0.25, 0.3) is 0 Å². The number of hydrogen-bond acceptors (Lipinski definition) is 3. The summed E-state index contributed by atoms with van der Waals surface area (Å²) in [5.74, 6) is 0.579. The number of aliphatic hydroxyl groups excluding tert-OH is 1. The van der Waals surface area contributed by atoms with Crippen molar-refractivity contribution in [2.75, 3.05) is 20.3 Å². The summed E-state index contributed by atoms with van der Waals surface area (Å²) in [5.41, 5.74) is 0.749. The van der Waals surface area contributed by atoms with E-state index in [2.05, 4.69) is 5.32 Å². The van der Waals surface area contributed by atoms with Gasteiger partial charge in [-0.15, -0.1) is 0 Å². The second kappa shape index (κ2) is 7.24. The lowest BCUT2D eigenvalue weighted by Gasteiger charge is -2.11. The van der Waals surface area contributed by atoms with Gasteiger partial charge in [0.25, 0.3) is 0 Å². The van der Waals surface area contributed by atoms with Gasteiger partial charge in [0.2, 0.25) is 5.91 Å². The predicted octanol–water partition coefficient (Wildman–Crippen LogP) is 1.64. The molecule has 0 aliphatic rings. The molecule has 1 amide bonds. The highest BCUT2D eigenvalue weighted by atomic mass is 35.5. The number of hydrogen-bond donors (Lipinski definition) is 2. The number of aliphatic hydroxyl groups is 1. The van der Waals surface area contributed by atoms with Crippen LogP contribution in [0.4, 0.5) is 0 Å². The summed E-state index contributed by atoms with van der Waals surface area (Å²) in [7, 11) is 1.55. The fraction of sp³-hybridized carbons (Fsp3) is 0.462. The summed E-state index contributed by atoms with van der Waals surface area (Å²) >= 11 is 5.89. The number of carbonyl (C=O) groups is 1. The fourth-order valence-corrected chi connectivity index (χ4v) is 1.67. The minimum Gasteiger partial charge on any atom is -0.496 e. The Labute approximate surface area is 112 Å². The van der Waals surface area contributed by atoms with Crippen LogP contribution in [0.2, 0.25) is 5.02 Å². The van der Waals surface area contributed by atoms with Gasteiger partial charge in [-0.25, -0.2) is 0 Å². The van der Waals surface area contributed by atoms with Crippen molar-refractivity contribution in [3.8, 4) is 5.75 Å². The van der Waals surface area contributed by atoms with Crippen molar-refractivity contribution in [2.24, 2.45) is 5.92 Å². The molecule has 1 aromatic rings. The van der Waals surface area contributed by atoms with E-state index in [0.717, 1.165) is 5.56 Å². The van der Waals surface area contributed by atoms with E-state index in [1.165, 1.54) is 0 Å². The van der Waals surface area contributed by atoms with Crippen molar-refractivity contribution in [3.05, 3.63) is 28.8 Å². The van der Waals surface area contributed by atoms with Crippen molar-refractivity contribution < 1.29 is 14.6 Å². The molecule has 0 radical (unpaired) electrons. The number of nitrogens with one attached hydrogen (secondary N) is 1. The second-order valence-corrected chi connectivity index (χ2v) is 4.66. The summed E-state index contributed by atoms with van der Waals surface area (Å²) in [5, 5.41) is 12.2. The quantitative estimate of drug-likeness (QED) is 0.827. The van der Waals surface area contributed by atoms with E-state index in [0.29, 0.717) is 17.3 Å². The van der Waals surface area contributed by atoms with E-state index in [9.17, 15) is 4.79 Å². The third-order valence-electron chi connectivity index (χ3n) is 2.55. The fourth-order valence-electron chi connectivity index (χ4n) is 1.47. The van der Waals surface area contributed by atoms with Gasteiger partial charge in [0.05, 0.1) is 13.5 Å². The second-order valence-electron chi connectivity index (χ2n) is 4.22. The maximum atomic E-state index is 11.7. The van der Waals surface area contributed by atoms with Crippen LogP contribution in [0.3, 0.4) is 0 Å². The summed E-state index contributed by atoms with van der Waals surface area (Å²) in [6.07, 6.45) is 0.210. The maximum Gasteiger partial charge on any atom is 0.224 e. The lowest BCUT2D eigenvalue weighted by molar-refractivity contribution is -0.120. The molecule has 0 aromatic heterocycles. The zero-order valence-corrected chi connectivity index (χ0v) is 11.3. The first-order valence-electron chi connectivity index (χ1n) is 5.76. The molecule has 4 nitrogen and oxygen atoms in total. The molecule has 2 N–H and O–H groups in total. The molecule has 0 saturated carbocycles. The molecular formula is C13H18ClNO3. The van der Waals surface area contributed by atoms with Gasteiger partial charge in [-0.05, 0) is 24.1 Å². The monoisotopic (exact) mass is 271 g/mol. The van der Waals surface area contributed by atoms with Gasteiger partial charge in [0.15, 0.2) is 0 Å². The van der Waals surface area contributed by atoms with Gasteiger partial charge in [0, 0.05) is 23.7 Å². The standard InChI is InChI=1S/C13H18ClNO3/c1-9(8-16)7-15-13(17)6-10-5-11(14)3-4-12(10)18-2/h3-5,9,16H,6-8H2,1-2H3,(H,15,17). The molecule has 1 atom stereocenters. The smallest absolute Gasteiger partial charge is 0.224 e. The summed E-state index contributed by atoms with van der Waals surface area (Å²) in [6, 6.07) is 5.17. The molecule has 0 spiro atoms. The van der Waals surface area contributed by atoms with Crippen molar-refractivity contribution in [1.29, 1.82) is 0 Å². The van der Waals surface area contributed by atoms with E-state index in [1.54, 1.807) is 25.3 Å². The third-order valence-corrected chi connectivity index (χ3v) is 2.79. The molecule has 18 heavy (non-hydrogen) atoms. The highest BCUT2D eigenvalue weighted by Gasteiger charge is 2.10. The number of halogens is 1. The molecule has 0 fully saturated rings. The van der Waals surface area contributed by atoms with Crippen LogP contribution in [-0.2, 0) is 11.2 Å². The molecule has 0 heterocycles. The lowest BCUT2D eigenvalue weighted by Crippen LogP contribution is -2.30. The first-order chi connectivity index (χ1) is 8.56. The Morgan fingerprint density at radius 3 is 2.89 bits per heavy atom. The molecule has 0 aliphatic carbocycles. The third kappa shape index (κ3) is 4.55. The van der Waals surface area contributed by atoms with Gasteiger partial charge in [-0.3, -0.25) is 4.79 Å². The minimum absolute atomic E-state index is 0.0511. The van der Waals surface area contributed by atoms with Crippen molar-refractivity contribution >= 4 is 17.5 Å². The van der Waals surface area contributed by atoms with Crippen LogP contribution in [0.5, 0.6) is 5.75 Å². The highest BCUT2D eigenvalue weighted by molar-refractivity contribution is 6.30. The molecule has 1 rings (SSSR count). The van der Waals surface area contributed by atoms with Gasteiger partial charge < -0.3 is 15.2 Å². The summed E-state index contributed by atoms with van der Waals surface area (Å²) < 4.78 is 5.17. The van der Waals surface area contributed by atoms with Gasteiger partial charge in [0.1, 0.15) is 5.75 Å². The first kappa shape index (κ1) is 14.8. The number of carbonyl (C=O) groups excluding carboxylic acids is 1. The normalized spacial score (nSPS) is 12.0. The van der Waals surface area contributed by atoms with Crippen molar-refractivity contribution in [3.63, 3.8) is 0 Å². The van der Waals surface area contributed by atoms with Gasteiger partial charge in [-0.2, -0.15) is 0 Å². The molecular weight excluding hydrogens is 254 g/mol. The average molecular weight is 272 g/mol. The maximum absolute atomic E-state index is 11.7. The Morgan fingerprint density at radius 2 is 2.28 bits per heavy atom. The van der Waals surface area contributed by atoms with E-state index < -0.39 is 0 Å². The van der Waals surface area contributed by atoms with Crippen LogP contribution in [-0.4, -0.2) is 31.3 Å². The minimum atomic E-state index is -0.115. The molecule has 0 saturated heterocycles. The number of benzene rings is 1. The Balaban J connectivity index is 2.61. The van der Waals surface area contributed by atoms with E-state index in [-0.39, 0.29) is 24.9 Å². The topological polar surface area (TPSA) is 58.6 Å².